The van der Waals surface area contributed by atoms with E-state index >= 15 is 0 Å². The monoisotopic (exact) mass is 314 g/mol. The van der Waals surface area contributed by atoms with Crippen molar-refractivity contribution in [3.63, 3.8) is 0 Å². The number of hydrogen-bond acceptors (Lipinski definition) is 4. The van der Waals surface area contributed by atoms with E-state index in [2.05, 4.69) is 4.72 Å². The molecule has 112 valence electrons. The lowest BCUT2D eigenvalue weighted by molar-refractivity contribution is 0.520. The standard InChI is InChI=1S/C14H22N2O2S2/c15-13-7-3-4-8-14(13)19-9-10-20(17,18)16-11-12-5-1-2-6-12/h3-4,7-8,12,16H,1-2,5-6,9-11,15H2. The first-order chi connectivity index (χ1) is 9.57. The number of sulfonamides is 1. The van der Waals surface area contributed by atoms with Crippen molar-refractivity contribution in [2.75, 3.05) is 23.8 Å². The highest BCUT2D eigenvalue weighted by Gasteiger charge is 2.18. The highest BCUT2D eigenvalue weighted by Crippen LogP contribution is 2.25. The number of thioether (sulfide) groups is 1. The highest BCUT2D eigenvalue weighted by molar-refractivity contribution is 8.00. The summed E-state index contributed by atoms with van der Waals surface area (Å²) in [5.41, 5.74) is 6.53. The Balaban J connectivity index is 1.73. The fourth-order valence-corrected chi connectivity index (χ4v) is 4.88. The van der Waals surface area contributed by atoms with Crippen molar-refractivity contribution >= 4 is 27.5 Å². The van der Waals surface area contributed by atoms with Crippen molar-refractivity contribution in [1.82, 2.24) is 4.72 Å². The van der Waals surface area contributed by atoms with Crippen LogP contribution in [-0.4, -0.2) is 26.5 Å². The molecule has 1 saturated carbocycles. The number of nitrogens with one attached hydrogen (secondary N) is 1. The molecule has 1 fully saturated rings. The van der Waals surface area contributed by atoms with Gasteiger partial charge >= 0.3 is 0 Å². The number of benzene rings is 1. The molecule has 6 heteroatoms. The maximum atomic E-state index is 11.9. The third-order valence-corrected chi connectivity index (χ3v) is 6.29. The fraction of sp³-hybridized carbons (Fsp3) is 0.571. The Bertz CT molecular complexity index is 526. The Kier molecular flexibility index (Phi) is 5.74. The van der Waals surface area contributed by atoms with Crippen molar-refractivity contribution in [1.29, 1.82) is 0 Å². The molecule has 0 saturated heterocycles. The Morgan fingerprint density at radius 1 is 1.25 bits per heavy atom. The molecule has 20 heavy (non-hydrogen) atoms. The van der Waals surface area contributed by atoms with Crippen LogP contribution in [0.25, 0.3) is 0 Å². The maximum Gasteiger partial charge on any atom is 0.212 e. The highest BCUT2D eigenvalue weighted by atomic mass is 32.2. The average Bonchev–Trinajstić information content (AvgIpc) is 2.92. The van der Waals surface area contributed by atoms with E-state index in [0.29, 0.717) is 23.9 Å². The van der Waals surface area contributed by atoms with E-state index in [1.807, 2.05) is 24.3 Å². The molecule has 2 rings (SSSR count). The van der Waals surface area contributed by atoms with Gasteiger partial charge in [0.1, 0.15) is 0 Å². The Labute approximate surface area is 125 Å². The van der Waals surface area contributed by atoms with Gasteiger partial charge in [-0.3, -0.25) is 0 Å². The lowest BCUT2D eigenvalue weighted by Gasteiger charge is -2.11. The first kappa shape index (κ1) is 15.7. The van der Waals surface area contributed by atoms with Crippen LogP contribution in [0.5, 0.6) is 0 Å². The summed E-state index contributed by atoms with van der Waals surface area (Å²) in [6.07, 6.45) is 4.76. The van der Waals surface area contributed by atoms with Crippen molar-refractivity contribution < 1.29 is 8.42 Å². The fourth-order valence-electron chi connectivity index (χ4n) is 2.40. The van der Waals surface area contributed by atoms with Gasteiger partial charge in [-0.25, -0.2) is 13.1 Å². The zero-order valence-electron chi connectivity index (χ0n) is 11.5. The van der Waals surface area contributed by atoms with Crippen molar-refractivity contribution in [2.45, 2.75) is 30.6 Å². The molecule has 0 atom stereocenters. The van der Waals surface area contributed by atoms with Crippen LogP contribution in [0.15, 0.2) is 29.2 Å². The van der Waals surface area contributed by atoms with Gasteiger partial charge in [0, 0.05) is 22.9 Å². The lowest BCUT2D eigenvalue weighted by Crippen LogP contribution is -2.31. The van der Waals surface area contributed by atoms with Crippen LogP contribution < -0.4 is 10.5 Å². The number of nitrogen functional groups attached to an aromatic ring is 1. The van der Waals surface area contributed by atoms with E-state index < -0.39 is 10.0 Å². The summed E-state index contributed by atoms with van der Waals surface area (Å²) in [4.78, 5) is 0.943. The molecule has 1 aromatic rings. The second-order valence-electron chi connectivity index (χ2n) is 5.20. The Morgan fingerprint density at radius 3 is 2.65 bits per heavy atom. The second kappa shape index (κ2) is 7.33. The van der Waals surface area contributed by atoms with E-state index in [-0.39, 0.29) is 5.75 Å². The van der Waals surface area contributed by atoms with Gasteiger partial charge in [-0.2, -0.15) is 0 Å². The average molecular weight is 314 g/mol. The molecular weight excluding hydrogens is 292 g/mol. The number of hydrogen-bond donors (Lipinski definition) is 2. The normalized spacial score (nSPS) is 16.6. The third kappa shape index (κ3) is 5.00. The van der Waals surface area contributed by atoms with Crippen LogP contribution in [0.3, 0.4) is 0 Å². The first-order valence-corrected chi connectivity index (χ1v) is 9.65. The molecule has 1 aliphatic rings. The van der Waals surface area contributed by atoms with Gasteiger partial charge in [0.15, 0.2) is 0 Å². The van der Waals surface area contributed by atoms with Gasteiger partial charge in [-0.05, 0) is 30.9 Å². The van der Waals surface area contributed by atoms with Gasteiger partial charge in [-0.15, -0.1) is 11.8 Å². The summed E-state index contributed by atoms with van der Waals surface area (Å²) in [6.45, 7) is 0.598. The van der Waals surface area contributed by atoms with Crippen LogP contribution in [0, 0.1) is 5.92 Å². The molecule has 4 nitrogen and oxygen atoms in total. The summed E-state index contributed by atoms with van der Waals surface area (Å²) in [6, 6.07) is 7.53. The summed E-state index contributed by atoms with van der Waals surface area (Å²) in [5.74, 6) is 1.19. The summed E-state index contributed by atoms with van der Waals surface area (Å²) >= 11 is 1.49. The predicted molar refractivity (Wildman–Crippen MR) is 85.3 cm³/mol. The topological polar surface area (TPSA) is 72.2 Å². The number of anilines is 1. The van der Waals surface area contributed by atoms with E-state index in [9.17, 15) is 8.42 Å². The van der Waals surface area contributed by atoms with E-state index in [0.717, 1.165) is 17.7 Å². The SMILES string of the molecule is Nc1ccccc1SCCS(=O)(=O)NCC1CCCC1. The zero-order valence-corrected chi connectivity index (χ0v) is 13.2. The van der Waals surface area contributed by atoms with E-state index in [1.54, 1.807) is 0 Å². The van der Waals surface area contributed by atoms with Gasteiger partial charge < -0.3 is 5.73 Å². The molecule has 0 unspecified atom stereocenters. The van der Waals surface area contributed by atoms with Crippen LogP contribution in [0.1, 0.15) is 25.7 Å². The number of para-hydroxylation sites is 1. The van der Waals surface area contributed by atoms with Gasteiger partial charge in [0.25, 0.3) is 0 Å². The van der Waals surface area contributed by atoms with Crippen molar-refractivity contribution in [2.24, 2.45) is 5.92 Å². The molecule has 1 aliphatic carbocycles. The van der Waals surface area contributed by atoms with Crippen LogP contribution >= 0.6 is 11.8 Å². The molecule has 0 radical (unpaired) electrons. The minimum absolute atomic E-state index is 0.138. The van der Waals surface area contributed by atoms with Crippen LogP contribution in [0.2, 0.25) is 0 Å². The number of rotatable bonds is 7. The Morgan fingerprint density at radius 2 is 1.95 bits per heavy atom. The smallest absolute Gasteiger partial charge is 0.212 e. The molecule has 0 heterocycles. The van der Waals surface area contributed by atoms with Gasteiger partial charge in [0.05, 0.1) is 5.75 Å². The molecule has 0 aliphatic heterocycles. The third-order valence-electron chi connectivity index (χ3n) is 3.60. The molecule has 0 aromatic heterocycles. The molecule has 3 N–H and O–H groups in total. The minimum atomic E-state index is -3.16. The molecule has 0 bridgehead atoms. The Hall–Kier alpha value is -0.720. The number of nitrogens with two attached hydrogens (primary N) is 1. The van der Waals surface area contributed by atoms with Crippen LogP contribution in [0.4, 0.5) is 5.69 Å². The summed E-state index contributed by atoms with van der Waals surface area (Å²) < 4.78 is 26.5. The largest absolute Gasteiger partial charge is 0.398 e. The van der Waals surface area contributed by atoms with Gasteiger partial charge in [0.2, 0.25) is 10.0 Å². The molecule has 0 spiro atoms. The second-order valence-corrected chi connectivity index (χ2v) is 8.27. The quantitative estimate of drug-likeness (QED) is 0.599. The molecule has 1 aromatic carbocycles. The zero-order chi connectivity index (χ0) is 14.4. The van der Waals surface area contributed by atoms with Gasteiger partial charge in [-0.1, -0.05) is 25.0 Å². The van der Waals surface area contributed by atoms with Crippen molar-refractivity contribution in [3.05, 3.63) is 24.3 Å². The predicted octanol–water partition coefficient (Wildman–Crippen LogP) is 2.47. The van der Waals surface area contributed by atoms with Crippen molar-refractivity contribution in [3.8, 4) is 0 Å². The first-order valence-electron chi connectivity index (χ1n) is 7.01. The minimum Gasteiger partial charge on any atom is -0.398 e. The van der Waals surface area contributed by atoms with E-state index in [4.69, 9.17) is 5.73 Å². The maximum absolute atomic E-state index is 11.9. The summed E-state index contributed by atoms with van der Waals surface area (Å²) in [5, 5.41) is 0. The molecular formula is C14H22N2O2S2. The lowest BCUT2D eigenvalue weighted by atomic mass is 10.1. The molecule has 0 amide bonds. The van der Waals surface area contributed by atoms with Crippen LogP contribution in [-0.2, 0) is 10.0 Å². The van der Waals surface area contributed by atoms with E-state index in [1.165, 1.54) is 24.6 Å². The summed E-state index contributed by atoms with van der Waals surface area (Å²) in [7, 11) is -3.16.